The summed E-state index contributed by atoms with van der Waals surface area (Å²) in [4.78, 5) is 2.36. The Morgan fingerprint density at radius 2 is 0.877 bits per heavy atom. The van der Waals surface area contributed by atoms with Crippen LogP contribution in [-0.4, -0.2) is 0 Å². The molecule has 0 fully saturated rings. The van der Waals surface area contributed by atoms with Crippen molar-refractivity contribution in [1.29, 1.82) is 0 Å². The van der Waals surface area contributed by atoms with Gasteiger partial charge in [-0.05, 0) is 99.6 Å². The van der Waals surface area contributed by atoms with Crippen LogP contribution in [0.3, 0.4) is 0 Å². The van der Waals surface area contributed by atoms with Gasteiger partial charge < -0.3 is 9.32 Å². The molecule has 268 valence electrons. The molecule has 9 aromatic carbocycles. The van der Waals surface area contributed by atoms with Gasteiger partial charge in [0.1, 0.15) is 11.2 Å². The van der Waals surface area contributed by atoms with E-state index >= 15 is 0 Å². The van der Waals surface area contributed by atoms with Gasteiger partial charge in [-0.25, -0.2) is 0 Å². The second-order valence-corrected chi connectivity index (χ2v) is 15.6. The summed E-state index contributed by atoms with van der Waals surface area (Å²) < 4.78 is 9.13. The van der Waals surface area contributed by atoms with Crippen LogP contribution in [0.2, 0.25) is 0 Å². The lowest BCUT2D eigenvalue weighted by molar-refractivity contribution is 0.670. The van der Waals surface area contributed by atoms with Crippen LogP contribution >= 0.6 is 11.3 Å². The average Bonchev–Trinajstić information content (AvgIpc) is 3.86. The zero-order valence-corrected chi connectivity index (χ0v) is 31.8. The van der Waals surface area contributed by atoms with Gasteiger partial charge in [0.2, 0.25) is 0 Å². The highest BCUT2D eigenvalue weighted by Gasteiger charge is 2.18. The summed E-state index contributed by atoms with van der Waals surface area (Å²) in [5, 5.41) is 4.90. The van der Waals surface area contributed by atoms with E-state index in [1.807, 2.05) is 23.5 Å². The van der Waals surface area contributed by atoms with E-state index in [-0.39, 0.29) is 0 Å². The molecule has 2 heterocycles. The highest BCUT2D eigenvalue weighted by Crippen LogP contribution is 2.43. The molecule has 0 radical (unpaired) electrons. The van der Waals surface area contributed by atoms with E-state index in [0.717, 1.165) is 61.3 Å². The minimum atomic E-state index is 0.906. The largest absolute Gasteiger partial charge is 0.455 e. The van der Waals surface area contributed by atoms with Gasteiger partial charge in [-0.3, -0.25) is 0 Å². The number of hydrogen-bond acceptors (Lipinski definition) is 3. The Morgan fingerprint density at radius 3 is 1.70 bits per heavy atom. The average molecular weight is 746 g/mol. The van der Waals surface area contributed by atoms with Crippen molar-refractivity contribution in [3.05, 3.63) is 212 Å². The van der Waals surface area contributed by atoms with Crippen LogP contribution in [0.4, 0.5) is 17.1 Å². The van der Waals surface area contributed by atoms with Crippen LogP contribution in [0.1, 0.15) is 0 Å². The first-order valence-corrected chi connectivity index (χ1v) is 20.1. The fraction of sp³-hybridized carbons (Fsp3) is 0. The molecule has 2 aromatic heterocycles. The minimum absolute atomic E-state index is 0.906. The standard InChI is InChI=1S/C54H35NOS/c1-2-12-36(13-3-1)39-14-10-15-43(34-39)55(41-29-24-37(25-30-41)40-28-33-53-50(35-40)47-19-7-9-23-52(47)57-53)42-31-26-38(27-32-42)44-16-4-5-17-45(44)48-20-11-21-49-46-18-6-8-22-51(46)56-54(48)49/h1-35H. The lowest BCUT2D eigenvalue weighted by Crippen LogP contribution is -2.10. The molecule has 0 spiro atoms. The Hall–Kier alpha value is -7.20. The Kier molecular flexibility index (Phi) is 8.04. The van der Waals surface area contributed by atoms with E-state index in [0.29, 0.717) is 0 Å². The highest BCUT2D eigenvalue weighted by atomic mass is 32.1. The van der Waals surface area contributed by atoms with E-state index in [2.05, 4.69) is 205 Å². The van der Waals surface area contributed by atoms with Crippen LogP contribution in [0.15, 0.2) is 217 Å². The Balaban J connectivity index is 0.993. The van der Waals surface area contributed by atoms with Crippen LogP contribution in [0.5, 0.6) is 0 Å². The Labute approximate surface area is 335 Å². The lowest BCUT2D eigenvalue weighted by Gasteiger charge is -2.26. The molecule has 2 nitrogen and oxygen atoms in total. The summed E-state index contributed by atoms with van der Waals surface area (Å²) in [7, 11) is 0. The number of hydrogen-bond donors (Lipinski definition) is 0. The molecule has 0 aliphatic heterocycles. The van der Waals surface area contributed by atoms with Crippen molar-refractivity contribution < 1.29 is 4.42 Å². The predicted molar refractivity (Wildman–Crippen MR) is 243 cm³/mol. The second-order valence-electron chi connectivity index (χ2n) is 14.5. The third kappa shape index (κ3) is 5.88. The number of furan rings is 1. The number of rotatable bonds is 7. The number of nitrogens with zero attached hydrogens (tertiary/aromatic N) is 1. The molecule has 11 rings (SSSR count). The molecule has 11 aromatic rings. The fourth-order valence-electron chi connectivity index (χ4n) is 8.33. The Bertz CT molecular complexity index is 3230. The van der Waals surface area contributed by atoms with E-state index in [4.69, 9.17) is 4.42 Å². The number of benzene rings is 9. The number of fused-ring (bicyclic) bond motifs is 6. The van der Waals surface area contributed by atoms with Crippen molar-refractivity contribution in [3.63, 3.8) is 0 Å². The summed E-state index contributed by atoms with van der Waals surface area (Å²) in [5.74, 6) is 0. The summed E-state index contributed by atoms with van der Waals surface area (Å²) in [5.41, 5.74) is 14.4. The first-order valence-electron chi connectivity index (χ1n) is 19.3. The third-order valence-electron chi connectivity index (χ3n) is 11.1. The molecule has 0 aliphatic carbocycles. The molecule has 3 heteroatoms. The van der Waals surface area contributed by atoms with E-state index in [9.17, 15) is 0 Å². The molecule has 0 saturated carbocycles. The fourth-order valence-corrected chi connectivity index (χ4v) is 9.42. The van der Waals surface area contributed by atoms with Gasteiger partial charge in [0.15, 0.2) is 0 Å². The number of thiophene rings is 1. The van der Waals surface area contributed by atoms with Gasteiger partial charge in [0.05, 0.1) is 0 Å². The minimum Gasteiger partial charge on any atom is -0.455 e. The van der Waals surface area contributed by atoms with Gasteiger partial charge in [0, 0.05) is 53.6 Å². The third-order valence-corrected chi connectivity index (χ3v) is 12.3. The lowest BCUT2D eigenvalue weighted by atomic mass is 9.93. The van der Waals surface area contributed by atoms with Gasteiger partial charge >= 0.3 is 0 Å². The van der Waals surface area contributed by atoms with Crippen LogP contribution in [0.25, 0.3) is 86.6 Å². The van der Waals surface area contributed by atoms with Crippen molar-refractivity contribution in [1.82, 2.24) is 0 Å². The van der Waals surface area contributed by atoms with Gasteiger partial charge in [-0.15, -0.1) is 11.3 Å². The Morgan fingerprint density at radius 1 is 0.316 bits per heavy atom. The molecule has 0 N–H and O–H groups in total. The van der Waals surface area contributed by atoms with Gasteiger partial charge in [-0.1, -0.05) is 152 Å². The molecule has 0 atom stereocenters. The van der Waals surface area contributed by atoms with Crippen LogP contribution in [0, 0.1) is 0 Å². The van der Waals surface area contributed by atoms with E-state index in [1.165, 1.54) is 42.4 Å². The molecule has 57 heavy (non-hydrogen) atoms. The summed E-state index contributed by atoms with van der Waals surface area (Å²) in [6.07, 6.45) is 0. The van der Waals surface area contributed by atoms with Crippen molar-refractivity contribution in [2.24, 2.45) is 0 Å². The summed E-state index contributed by atoms with van der Waals surface area (Å²) >= 11 is 1.86. The maximum absolute atomic E-state index is 6.48. The van der Waals surface area contributed by atoms with Gasteiger partial charge in [0.25, 0.3) is 0 Å². The first-order chi connectivity index (χ1) is 28.2. The molecule has 0 unspecified atom stereocenters. The SMILES string of the molecule is c1ccc(-c2cccc(N(c3ccc(-c4ccc5sc6ccccc6c5c4)cc3)c3ccc(-c4ccccc4-c4cccc5c4oc4ccccc45)cc3)c2)cc1. The molecular weight excluding hydrogens is 711 g/mol. The predicted octanol–water partition coefficient (Wildman–Crippen LogP) is 16.1. The van der Waals surface area contributed by atoms with Crippen LogP contribution < -0.4 is 4.90 Å². The quantitative estimate of drug-likeness (QED) is 0.162. The highest BCUT2D eigenvalue weighted by molar-refractivity contribution is 7.25. The zero-order valence-electron chi connectivity index (χ0n) is 31.0. The summed E-state index contributed by atoms with van der Waals surface area (Å²) in [6.45, 7) is 0. The number of anilines is 3. The molecule has 0 aliphatic rings. The second kappa shape index (κ2) is 13.8. The monoisotopic (exact) mass is 745 g/mol. The first kappa shape index (κ1) is 33.2. The maximum atomic E-state index is 6.48. The molecule has 0 amide bonds. The van der Waals surface area contributed by atoms with E-state index in [1.54, 1.807) is 0 Å². The van der Waals surface area contributed by atoms with E-state index < -0.39 is 0 Å². The van der Waals surface area contributed by atoms with Crippen molar-refractivity contribution in [2.75, 3.05) is 4.90 Å². The normalized spacial score (nSPS) is 11.5. The maximum Gasteiger partial charge on any atom is 0.143 e. The molecule has 0 bridgehead atoms. The van der Waals surface area contributed by atoms with Crippen molar-refractivity contribution in [3.8, 4) is 44.5 Å². The number of para-hydroxylation sites is 2. The van der Waals surface area contributed by atoms with Crippen LogP contribution in [-0.2, 0) is 0 Å². The topological polar surface area (TPSA) is 16.4 Å². The zero-order chi connectivity index (χ0) is 37.7. The summed E-state index contributed by atoms with van der Waals surface area (Å²) in [6, 6.07) is 76.3. The smallest absolute Gasteiger partial charge is 0.143 e. The molecule has 0 saturated heterocycles. The van der Waals surface area contributed by atoms with Crippen molar-refractivity contribution in [2.45, 2.75) is 0 Å². The van der Waals surface area contributed by atoms with Gasteiger partial charge in [-0.2, -0.15) is 0 Å². The molecular formula is C54H35NOS. The van der Waals surface area contributed by atoms with Crippen molar-refractivity contribution >= 4 is 70.5 Å².